The number of likely N-dealkylation sites (N-methyl/N-ethyl adjacent to an activating group) is 1. The molecule has 0 aliphatic carbocycles. The Balaban J connectivity index is 2.01. The number of carbonyl (C=O) groups is 1. The summed E-state index contributed by atoms with van der Waals surface area (Å²) in [6.07, 6.45) is -0.0890. The normalized spacial score (nSPS) is 12.1. The fraction of sp³-hybridized carbons (Fsp3) is 0.316. The molecule has 0 saturated heterocycles. The lowest BCUT2D eigenvalue weighted by Gasteiger charge is -2.25. The molecule has 0 aromatic heterocycles. The van der Waals surface area contributed by atoms with Gasteiger partial charge < -0.3 is 15.0 Å². The van der Waals surface area contributed by atoms with E-state index in [9.17, 15) is 9.18 Å². The zero-order chi connectivity index (χ0) is 18.4. The number of methoxy groups -OCH3 is 1. The number of ether oxygens (including phenoxy) is 1. The monoisotopic (exact) mass is 364 g/mol. The van der Waals surface area contributed by atoms with Crippen LogP contribution in [0.2, 0.25) is 5.02 Å². The number of amides is 1. The first kappa shape index (κ1) is 19.2. The highest BCUT2D eigenvalue weighted by atomic mass is 35.5. The number of carbonyl (C=O) groups excluding carboxylic acids is 1. The first-order valence-corrected chi connectivity index (χ1v) is 8.30. The number of benzene rings is 2. The van der Waals surface area contributed by atoms with Crippen LogP contribution in [0, 0.1) is 5.82 Å². The average Bonchev–Trinajstić information content (AvgIpc) is 2.59. The van der Waals surface area contributed by atoms with Gasteiger partial charge in [0.05, 0.1) is 19.6 Å². The second-order valence-corrected chi connectivity index (χ2v) is 6.34. The molecule has 134 valence electrons. The predicted molar refractivity (Wildman–Crippen MR) is 97.5 cm³/mol. The van der Waals surface area contributed by atoms with Crippen LogP contribution in [0.25, 0.3) is 0 Å². The van der Waals surface area contributed by atoms with E-state index in [0.717, 1.165) is 11.3 Å². The lowest BCUT2D eigenvalue weighted by atomic mass is 10.1. The molecular weight excluding hydrogens is 343 g/mol. The Morgan fingerprint density at radius 1 is 1.24 bits per heavy atom. The minimum Gasteiger partial charge on any atom is -0.497 e. The molecule has 0 spiro atoms. The van der Waals surface area contributed by atoms with E-state index in [4.69, 9.17) is 16.3 Å². The van der Waals surface area contributed by atoms with Gasteiger partial charge in [-0.25, -0.2) is 4.39 Å². The van der Waals surface area contributed by atoms with Crippen molar-refractivity contribution in [3.63, 3.8) is 0 Å². The minimum atomic E-state index is -0.470. The van der Waals surface area contributed by atoms with Crippen molar-refractivity contribution in [2.45, 2.75) is 12.5 Å². The van der Waals surface area contributed by atoms with E-state index in [1.165, 1.54) is 12.1 Å². The lowest BCUT2D eigenvalue weighted by Crippen LogP contribution is -2.35. The fourth-order valence-corrected chi connectivity index (χ4v) is 2.79. The van der Waals surface area contributed by atoms with Crippen LogP contribution in [-0.4, -0.2) is 38.6 Å². The molecule has 4 nitrogen and oxygen atoms in total. The van der Waals surface area contributed by atoms with E-state index in [1.54, 1.807) is 13.2 Å². The number of hydrogen-bond acceptors (Lipinski definition) is 3. The van der Waals surface area contributed by atoms with Crippen LogP contribution in [0.3, 0.4) is 0 Å². The van der Waals surface area contributed by atoms with Crippen LogP contribution < -0.4 is 10.1 Å². The van der Waals surface area contributed by atoms with Crippen LogP contribution in [-0.2, 0) is 11.2 Å². The summed E-state index contributed by atoms with van der Waals surface area (Å²) in [4.78, 5) is 14.2. The molecule has 2 aromatic rings. The van der Waals surface area contributed by atoms with Crippen LogP contribution in [0.4, 0.5) is 4.39 Å². The van der Waals surface area contributed by atoms with Gasteiger partial charge in [0, 0.05) is 17.1 Å². The Morgan fingerprint density at radius 2 is 1.92 bits per heavy atom. The van der Waals surface area contributed by atoms with Gasteiger partial charge in [0.2, 0.25) is 5.91 Å². The lowest BCUT2D eigenvalue weighted by molar-refractivity contribution is -0.120. The number of hydrogen-bond donors (Lipinski definition) is 1. The van der Waals surface area contributed by atoms with E-state index < -0.39 is 5.82 Å². The SMILES string of the molecule is COc1ccc(C(CNC(=O)Cc2c(F)cccc2Cl)N(C)C)cc1. The van der Waals surface area contributed by atoms with Gasteiger partial charge in [0.25, 0.3) is 0 Å². The Kier molecular flexibility index (Phi) is 6.79. The van der Waals surface area contributed by atoms with Gasteiger partial charge in [-0.3, -0.25) is 4.79 Å². The molecule has 0 bridgehead atoms. The molecule has 0 aliphatic rings. The summed E-state index contributed by atoms with van der Waals surface area (Å²) < 4.78 is 19.0. The highest BCUT2D eigenvalue weighted by Crippen LogP contribution is 2.22. The van der Waals surface area contributed by atoms with E-state index in [2.05, 4.69) is 5.32 Å². The van der Waals surface area contributed by atoms with Crippen LogP contribution in [0.5, 0.6) is 5.75 Å². The molecule has 25 heavy (non-hydrogen) atoms. The Morgan fingerprint density at radius 3 is 2.48 bits per heavy atom. The molecule has 1 amide bonds. The van der Waals surface area contributed by atoms with Crippen molar-refractivity contribution in [2.24, 2.45) is 0 Å². The number of halogens is 2. The maximum atomic E-state index is 13.8. The molecule has 0 radical (unpaired) electrons. The van der Waals surface area contributed by atoms with Crippen molar-refractivity contribution in [1.82, 2.24) is 10.2 Å². The first-order chi connectivity index (χ1) is 11.9. The van der Waals surface area contributed by atoms with Gasteiger partial charge in [-0.1, -0.05) is 29.8 Å². The summed E-state index contributed by atoms with van der Waals surface area (Å²) in [7, 11) is 5.50. The zero-order valence-corrected chi connectivity index (χ0v) is 15.3. The largest absolute Gasteiger partial charge is 0.497 e. The molecule has 0 saturated carbocycles. The van der Waals surface area contributed by atoms with Gasteiger partial charge in [0.1, 0.15) is 11.6 Å². The van der Waals surface area contributed by atoms with Crippen molar-refractivity contribution >= 4 is 17.5 Å². The molecule has 0 heterocycles. The first-order valence-electron chi connectivity index (χ1n) is 7.92. The maximum Gasteiger partial charge on any atom is 0.224 e. The topological polar surface area (TPSA) is 41.6 Å². The maximum absolute atomic E-state index is 13.8. The van der Waals surface area contributed by atoms with E-state index in [0.29, 0.717) is 6.54 Å². The quantitative estimate of drug-likeness (QED) is 0.818. The molecule has 1 atom stereocenters. The third-order valence-corrected chi connectivity index (χ3v) is 4.37. The summed E-state index contributed by atoms with van der Waals surface area (Å²) >= 11 is 5.97. The van der Waals surface area contributed by atoms with Crippen LogP contribution in [0.1, 0.15) is 17.2 Å². The minimum absolute atomic E-state index is 0.00838. The van der Waals surface area contributed by atoms with Crippen LogP contribution >= 0.6 is 11.6 Å². The molecule has 6 heteroatoms. The molecule has 0 aliphatic heterocycles. The summed E-state index contributed by atoms with van der Waals surface area (Å²) in [5.41, 5.74) is 1.27. The molecule has 2 rings (SSSR count). The van der Waals surface area contributed by atoms with E-state index >= 15 is 0 Å². The van der Waals surface area contributed by atoms with Crippen molar-refractivity contribution in [1.29, 1.82) is 0 Å². The average molecular weight is 365 g/mol. The molecule has 1 unspecified atom stereocenters. The molecule has 1 N–H and O–H groups in total. The van der Waals surface area contributed by atoms with Gasteiger partial charge in [-0.05, 0) is 43.9 Å². The summed E-state index contributed by atoms with van der Waals surface area (Å²) in [6, 6.07) is 12.1. The Labute approximate surface area is 152 Å². The van der Waals surface area contributed by atoms with Crippen molar-refractivity contribution in [3.05, 3.63) is 64.4 Å². The van der Waals surface area contributed by atoms with Gasteiger partial charge in [-0.15, -0.1) is 0 Å². The third kappa shape index (κ3) is 5.18. The zero-order valence-electron chi connectivity index (χ0n) is 14.6. The second kappa shape index (κ2) is 8.83. The van der Waals surface area contributed by atoms with Gasteiger partial charge in [-0.2, -0.15) is 0 Å². The van der Waals surface area contributed by atoms with Crippen molar-refractivity contribution in [2.75, 3.05) is 27.7 Å². The van der Waals surface area contributed by atoms with Crippen molar-refractivity contribution in [3.8, 4) is 5.75 Å². The van der Waals surface area contributed by atoms with Crippen molar-refractivity contribution < 1.29 is 13.9 Å². The molecule has 2 aromatic carbocycles. The second-order valence-electron chi connectivity index (χ2n) is 5.93. The Bertz CT molecular complexity index is 700. The van der Waals surface area contributed by atoms with Gasteiger partial charge >= 0.3 is 0 Å². The van der Waals surface area contributed by atoms with E-state index in [1.807, 2.05) is 43.3 Å². The number of nitrogens with one attached hydrogen (secondary N) is 1. The smallest absolute Gasteiger partial charge is 0.224 e. The third-order valence-electron chi connectivity index (χ3n) is 4.02. The fourth-order valence-electron chi connectivity index (χ4n) is 2.56. The summed E-state index contributed by atoms with van der Waals surface area (Å²) in [5, 5.41) is 3.12. The highest BCUT2D eigenvalue weighted by molar-refractivity contribution is 6.31. The standard InChI is InChI=1S/C19H22ClFN2O2/c1-23(2)18(13-7-9-14(25-3)10-8-13)12-22-19(24)11-15-16(20)5-4-6-17(15)21/h4-10,18H,11-12H2,1-3H3,(H,22,24). The Hall–Kier alpha value is -2.11. The summed E-state index contributed by atoms with van der Waals surface area (Å²) in [5.74, 6) is 0.0359. The number of rotatable bonds is 7. The molecule has 0 fully saturated rings. The number of nitrogens with zero attached hydrogens (tertiary/aromatic N) is 1. The van der Waals surface area contributed by atoms with Crippen LogP contribution in [0.15, 0.2) is 42.5 Å². The highest BCUT2D eigenvalue weighted by Gasteiger charge is 2.17. The van der Waals surface area contributed by atoms with Gasteiger partial charge in [0.15, 0.2) is 0 Å². The predicted octanol–water partition coefficient (Wildman–Crippen LogP) is 3.45. The molecular formula is C19H22ClFN2O2. The summed E-state index contributed by atoms with van der Waals surface area (Å²) in [6.45, 7) is 0.407. The van der Waals surface area contributed by atoms with E-state index in [-0.39, 0.29) is 29.0 Å².